The lowest BCUT2D eigenvalue weighted by atomic mass is 10.3. The van der Waals surface area contributed by atoms with Gasteiger partial charge >= 0.3 is 0 Å². The highest BCUT2D eigenvalue weighted by Crippen LogP contribution is 2.30. The van der Waals surface area contributed by atoms with Gasteiger partial charge in [0, 0.05) is 0 Å². The molecule has 2 rings (SSSR count). The van der Waals surface area contributed by atoms with Crippen LogP contribution in [0.3, 0.4) is 0 Å². The van der Waals surface area contributed by atoms with Gasteiger partial charge in [0.25, 0.3) is 0 Å². The quantitative estimate of drug-likeness (QED) is 0.681. The molecule has 96 valence electrons. The van der Waals surface area contributed by atoms with Gasteiger partial charge < -0.3 is 10.2 Å². The zero-order valence-corrected chi connectivity index (χ0v) is 11.9. The molecule has 0 unspecified atom stereocenters. The van der Waals surface area contributed by atoms with Crippen LogP contribution in [0.15, 0.2) is 36.4 Å². The molecular formula is C12H8Cl4O2. The Labute approximate surface area is 124 Å². The molecule has 2 aromatic rings. The van der Waals surface area contributed by atoms with Crippen LogP contribution >= 0.6 is 46.4 Å². The normalized spacial score (nSPS) is 9.56. The molecule has 0 aliphatic heterocycles. The van der Waals surface area contributed by atoms with Crippen molar-refractivity contribution in [3.05, 3.63) is 56.5 Å². The summed E-state index contributed by atoms with van der Waals surface area (Å²) in [7, 11) is 0. The van der Waals surface area contributed by atoms with Gasteiger partial charge in [-0.2, -0.15) is 0 Å². The van der Waals surface area contributed by atoms with Crippen molar-refractivity contribution in [2.24, 2.45) is 0 Å². The Morgan fingerprint density at radius 3 is 1.17 bits per heavy atom. The van der Waals surface area contributed by atoms with Gasteiger partial charge in [-0.3, -0.25) is 0 Å². The van der Waals surface area contributed by atoms with Crippen LogP contribution in [0, 0.1) is 0 Å². The molecule has 0 saturated carbocycles. The van der Waals surface area contributed by atoms with E-state index in [-0.39, 0.29) is 21.5 Å². The highest BCUT2D eigenvalue weighted by Gasteiger charge is 2.00. The minimum Gasteiger partial charge on any atom is -0.506 e. The van der Waals surface area contributed by atoms with Gasteiger partial charge in [-0.05, 0) is 24.3 Å². The van der Waals surface area contributed by atoms with Crippen molar-refractivity contribution in [3.63, 3.8) is 0 Å². The summed E-state index contributed by atoms with van der Waals surface area (Å²) in [5, 5.41) is 18.9. The van der Waals surface area contributed by atoms with E-state index in [4.69, 9.17) is 56.6 Å². The summed E-state index contributed by atoms with van der Waals surface area (Å²) in [6, 6.07) is 9.45. The first kappa shape index (κ1) is 15.3. The third-order valence-electron chi connectivity index (χ3n) is 1.86. The second-order valence-electron chi connectivity index (χ2n) is 3.15. The molecule has 0 bridgehead atoms. The predicted molar refractivity (Wildman–Crippen MR) is 76.3 cm³/mol. The first-order valence-electron chi connectivity index (χ1n) is 4.69. The molecule has 2 N–H and O–H groups in total. The lowest BCUT2D eigenvalue weighted by molar-refractivity contribution is 0.475. The second-order valence-corrected chi connectivity index (χ2v) is 4.72. The van der Waals surface area contributed by atoms with Crippen molar-refractivity contribution in [2.75, 3.05) is 0 Å². The van der Waals surface area contributed by atoms with Crippen LogP contribution in [0.5, 0.6) is 11.5 Å². The third-order valence-corrected chi connectivity index (χ3v) is 3.48. The Kier molecular flexibility index (Phi) is 5.89. The Morgan fingerprint density at radius 2 is 0.944 bits per heavy atom. The van der Waals surface area contributed by atoms with E-state index < -0.39 is 0 Å². The minimum atomic E-state index is 0.0177. The zero-order valence-electron chi connectivity index (χ0n) is 8.87. The standard InChI is InChI=1S/2C6H4Cl2O/c2*7-4-2-1-3-5(9)6(4)8/h2*1-3,9H. The monoisotopic (exact) mass is 324 g/mol. The molecule has 0 aliphatic rings. The van der Waals surface area contributed by atoms with E-state index >= 15 is 0 Å². The van der Waals surface area contributed by atoms with E-state index in [0.717, 1.165) is 0 Å². The maximum Gasteiger partial charge on any atom is 0.135 e. The molecule has 0 spiro atoms. The topological polar surface area (TPSA) is 40.5 Å². The van der Waals surface area contributed by atoms with Crippen LogP contribution in [-0.4, -0.2) is 10.2 Å². The fourth-order valence-corrected chi connectivity index (χ4v) is 1.58. The van der Waals surface area contributed by atoms with Crippen LogP contribution in [0.4, 0.5) is 0 Å². The number of hydrogen-bond acceptors (Lipinski definition) is 2. The molecular weight excluding hydrogens is 318 g/mol. The van der Waals surface area contributed by atoms with Gasteiger partial charge in [0.05, 0.1) is 10.0 Å². The highest BCUT2D eigenvalue weighted by molar-refractivity contribution is 6.43. The molecule has 0 aliphatic carbocycles. The van der Waals surface area contributed by atoms with Crippen molar-refractivity contribution < 1.29 is 10.2 Å². The summed E-state index contributed by atoms with van der Waals surface area (Å²) < 4.78 is 0. The van der Waals surface area contributed by atoms with Gasteiger partial charge in [0.15, 0.2) is 0 Å². The highest BCUT2D eigenvalue weighted by atomic mass is 35.5. The lowest BCUT2D eigenvalue weighted by Crippen LogP contribution is -1.67. The average Bonchev–Trinajstić information content (AvgIpc) is 2.34. The lowest BCUT2D eigenvalue weighted by Gasteiger charge is -1.95. The van der Waals surface area contributed by atoms with Crippen molar-refractivity contribution in [1.29, 1.82) is 0 Å². The summed E-state index contributed by atoms with van der Waals surface area (Å²) >= 11 is 22.0. The summed E-state index contributed by atoms with van der Waals surface area (Å²) in [4.78, 5) is 0. The van der Waals surface area contributed by atoms with Crippen LogP contribution in [0.2, 0.25) is 20.1 Å². The van der Waals surface area contributed by atoms with Crippen LogP contribution < -0.4 is 0 Å². The molecule has 0 amide bonds. The van der Waals surface area contributed by atoms with E-state index in [1.165, 1.54) is 12.1 Å². The second kappa shape index (κ2) is 6.95. The molecule has 0 saturated heterocycles. The number of hydrogen-bond donors (Lipinski definition) is 2. The van der Waals surface area contributed by atoms with Gasteiger partial charge in [-0.1, -0.05) is 58.5 Å². The third kappa shape index (κ3) is 4.14. The van der Waals surface area contributed by atoms with Gasteiger partial charge in [0.2, 0.25) is 0 Å². The Balaban J connectivity index is 0.000000180. The van der Waals surface area contributed by atoms with Crippen LogP contribution in [-0.2, 0) is 0 Å². The smallest absolute Gasteiger partial charge is 0.135 e. The molecule has 2 nitrogen and oxygen atoms in total. The number of benzene rings is 2. The van der Waals surface area contributed by atoms with Gasteiger partial charge in [-0.15, -0.1) is 0 Å². The Bertz CT molecular complexity index is 454. The van der Waals surface area contributed by atoms with Crippen molar-refractivity contribution in [1.82, 2.24) is 0 Å². The molecule has 0 atom stereocenters. The van der Waals surface area contributed by atoms with Crippen molar-refractivity contribution in [2.45, 2.75) is 0 Å². The fraction of sp³-hybridized carbons (Fsp3) is 0. The fourth-order valence-electron chi connectivity index (χ4n) is 0.985. The Morgan fingerprint density at radius 1 is 0.611 bits per heavy atom. The first-order valence-corrected chi connectivity index (χ1v) is 6.20. The maximum atomic E-state index is 8.88. The van der Waals surface area contributed by atoms with Crippen molar-refractivity contribution >= 4 is 46.4 Å². The summed E-state index contributed by atoms with van der Waals surface area (Å²) in [5.74, 6) is 0.0355. The number of aromatic hydroxyl groups is 2. The largest absolute Gasteiger partial charge is 0.506 e. The minimum absolute atomic E-state index is 0.0177. The number of rotatable bonds is 0. The van der Waals surface area contributed by atoms with Gasteiger partial charge in [0.1, 0.15) is 21.5 Å². The van der Waals surface area contributed by atoms with Gasteiger partial charge in [-0.25, -0.2) is 0 Å². The van der Waals surface area contributed by atoms with E-state index in [1.54, 1.807) is 24.3 Å². The van der Waals surface area contributed by atoms with E-state index in [0.29, 0.717) is 10.0 Å². The zero-order chi connectivity index (χ0) is 13.7. The molecule has 0 fully saturated rings. The molecule has 0 aromatic heterocycles. The maximum absolute atomic E-state index is 8.88. The molecule has 0 heterocycles. The van der Waals surface area contributed by atoms with E-state index in [9.17, 15) is 0 Å². The SMILES string of the molecule is Oc1cccc(Cl)c1Cl.Oc1cccc(Cl)c1Cl. The number of phenols is 2. The number of halogens is 4. The van der Waals surface area contributed by atoms with Crippen molar-refractivity contribution in [3.8, 4) is 11.5 Å². The average molecular weight is 326 g/mol. The summed E-state index contributed by atoms with van der Waals surface area (Å²) in [5.41, 5.74) is 0. The summed E-state index contributed by atoms with van der Waals surface area (Å²) in [6.07, 6.45) is 0. The predicted octanol–water partition coefficient (Wildman–Crippen LogP) is 5.40. The van der Waals surface area contributed by atoms with E-state index in [1.807, 2.05) is 0 Å². The van der Waals surface area contributed by atoms with Crippen LogP contribution in [0.1, 0.15) is 0 Å². The molecule has 18 heavy (non-hydrogen) atoms. The number of phenolic OH excluding ortho intramolecular Hbond substituents is 2. The van der Waals surface area contributed by atoms with Crippen LogP contribution in [0.25, 0.3) is 0 Å². The van der Waals surface area contributed by atoms with E-state index in [2.05, 4.69) is 0 Å². The molecule has 0 radical (unpaired) electrons. The molecule has 2 aromatic carbocycles. The molecule has 6 heteroatoms. The Hall–Kier alpha value is -0.800. The summed E-state index contributed by atoms with van der Waals surface area (Å²) in [6.45, 7) is 0. The first-order chi connectivity index (χ1) is 8.43.